The zero-order chi connectivity index (χ0) is 13.3. The molecule has 1 rings (SSSR count). The van der Waals surface area contributed by atoms with Crippen molar-refractivity contribution in [1.29, 1.82) is 0 Å². The van der Waals surface area contributed by atoms with E-state index in [-0.39, 0.29) is 17.6 Å². The van der Waals surface area contributed by atoms with Crippen LogP contribution >= 0.6 is 0 Å². The van der Waals surface area contributed by atoms with Crippen molar-refractivity contribution in [1.82, 2.24) is 5.32 Å². The maximum Gasteiger partial charge on any atom is 0.220 e. The van der Waals surface area contributed by atoms with Crippen LogP contribution in [0, 0.1) is 11.3 Å². The minimum atomic E-state index is -0.712. The van der Waals surface area contributed by atoms with Gasteiger partial charge in [-0.15, -0.1) is 5.73 Å². The van der Waals surface area contributed by atoms with Gasteiger partial charge >= 0.3 is 0 Å². The smallest absolute Gasteiger partial charge is 0.220 e. The summed E-state index contributed by atoms with van der Waals surface area (Å²) in [6, 6.07) is 0. The summed E-state index contributed by atoms with van der Waals surface area (Å²) in [5.41, 5.74) is 1.54. The maximum atomic E-state index is 12.4. The highest BCUT2D eigenvalue weighted by molar-refractivity contribution is 5.99. The topological polar surface area (TPSA) is 46.2 Å². The Morgan fingerprint density at radius 2 is 2.12 bits per heavy atom. The van der Waals surface area contributed by atoms with E-state index in [2.05, 4.69) is 17.6 Å². The van der Waals surface area contributed by atoms with Crippen molar-refractivity contribution >= 4 is 11.7 Å². The Balaban J connectivity index is 2.95. The number of carbonyl (C=O) groups excluding carboxylic acids is 2. The van der Waals surface area contributed by atoms with E-state index in [1.807, 2.05) is 20.8 Å². The van der Waals surface area contributed by atoms with Crippen molar-refractivity contribution in [3.63, 3.8) is 0 Å². The molecule has 0 bridgehead atoms. The van der Waals surface area contributed by atoms with E-state index in [9.17, 15) is 9.59 Å². The average molecular weight is 235 g/mol. The second-order valence-electron chi connectivity index (χ2n) is 5.63. The minimum absolute atomic E-state index is 0.0437. The van der Waals surface area contributed by atoms with Crippen molar-refractivity contribution in [3.8, 4) is 0 Å². The van der Waals surface area contributed by atoms with Gasteiger partial charge in [-0.05, 0) is 12.5 Å². The molecular formula is C14H21NO2. The van der Waals surface area contributed by atoms with Gasteiger partial charge < -0.3 is 5.32 Å². The second-order valence-corrected chi connectivity index (χ2v) is 5.63. The zero-order valence-electron chi connectivity index (χ0n) is 11.1. The number of nitrogens with one attached hydrogen (secondary N) is 1. The lowest BCUT2D eigenvalue weighted by atomic mass is 9.84. The van der Waals surface area contributed by atoms with Crippen LogP contribution in [0.1, 0.15) is 40.5 Å². The van der Waals surface area contributed by atoms with Gasteiger partial charge in [-0.3, -0.25) is 9.59 Å². The molecule has 1 aliphatic rings. The third kappa shape index (κ3) is 2.67. The van der Waals surface area contributed by atoms with Crippen LogP contribution < -0.4 is 5.32 Å². The van der Waals surface area contributed by atoms with Gasteiger partial charge in [-0.2, -0.15) is 0 Å². The fourth-order valence-electron chi connectivity index (χ4n) is 2.10. The SMILES string of the molecule is C=C=C[C@@H]1C[C@@]1(NC(=O)CC)C(=O)C(C)(C)C. The lowest BCUT2D eigenvalue weighted by molar-refractivity contribution is -0.133. The first-order chi connectivity index (χ1) is 7.78. The molecule has 0 aromatic rings. The van der Waals surface area contributed by atoms with E-state index in [1.165, 1.54) is 0 Å². The molecule has 94 valence electrons. The first-order valence-electron chi connectivity index (χ1n) is 5.99. The predicted molar refractivity (Wildman–Crippen MR) is 67.4 cm³/mol. The summed E-state index contributed by atoms with van der Waals surface area (Å²) in [5.74, 6) is 0.0492. The first kappa shape index (κ1) is 13.7. The summed E-state index contributed by atoms with van der Waals surface area (Å²) in [4.78, 5) is 23.9. The fraction of sp³-hybridized carbons (Fsp3) is 0.643. The highest BCUT2D eigenvalue weighted by Gasteiger charge is 2.61. The largest absolute Gasteiger partial charge is 0.343 e. The van der Waals surface area contributed by atoms with Gasteiger partial charge in [-0.25, -0.2) is 0 Å². The van der Waals surface area contributed by atoms with E-state index >= 15 is 0 Å². The Hall–Kier alpha value is -1.34. The molecule has 0 aliphatic heterocycles. The molecule has 1 fully saturated rings. The van der Waals surface area contributed by atoms with Gasteiger partial charge in [0.1, 0.15) is 5.54 Å². The second kappa shape index (κ2) is 4.50. The van der Waals surface area contributed by atoms with Gasteiger partial charge in [-0.1, -0.05) is 34.3 Å². The molecule has 0 aromatic carbocycles. The third-order valence-electron chi connectivity index (χ3n) is 3.10. The molecule has 0 saturated heterocycles. The van der Waals surface area contributed by atoms with Gasteiger partial charge in [0.25, 0.3) is 0 Å². The molecule has 1 aliphatic carbocycles. The zero-order valence-corrected chi connectivity index (χ0v) is 11.1. The van der Waals surface area contributed by atoms with Crippen molar-refractivity contribution in [2.45, 2.75) is 46.1 Å². The molecule has 0 heterocycles. The van der Waals surface area contributed by atoms with Crippen LogP contribution in [0.15, 0.2) is 18.4 Å². The summed E-state index contributed by atoms with van der Waals surface area (Å²) in [7, 11) is 0. The maximum absolute atomic E-state index is 12.4. The Morgan fingerprint density at radius 3 is 2.53 bits per heavy atom. The van der Waals surface area contributed by atoms with E-state index in [1.54, 1.807) is 13.0 Å². The molecule has 0 unspecified atom stereocenters. The third-order valence-corrected chi connectivity index (χ3v) is 3.10. The molecule has 3 nitrogen and oxygen atoms in total. The van der Waals surface area contributed by atoms with Crippen molar-refractivity contribution in [2.24, 2.45) is 11.3 Å². The molecule has 1 N–H and O–H groups in total. The predicted octanol–water partition coefficient (Wildman–Crippen LogP) is 2.23. The molecule has 1 amide bonds. The summed E-state index contributed by atoms with van der Waals surface area (Å²) in [5, 5.41) is 2.87. The molecule has 17 heavy (non-hydrogen) atoms. The normalized spacial score (nSPS) is 26.9. The van der Waals surface area contributed by atoms with Crippen LogP contribution in [-0.4, -0.2) is 17.2 Å². The lowest BCUT2D eigenvalue weighted by Gasteiger charge is -2.26. The van der Waals surface area contributed by atoms with Crippen LogP contribution in [0.5, 0.6) is 0 Å². The van der Waals surface area contributed by atoms with Crippen molar-refractivity contribution < 1.29 is 9.59 Å². The highest BCUT2D eigenvalue weighted by Crippen LogP contribution is 2.48. The Kier molecular flexibility index (Phi) is 3.63. The molecule has 0 radical (unpaired) electrons. The van der Waals surface area contributed by atoms with Gasteiger partial charge in [0, 0.05) is 17.8 Å². The molecule has 3 heteroatoms. The molecule has 0 aromatic heterocycles. The molecule has 2 atom stereocenters. The van der Waals surface area contributed by atoms with Crippen molar-refractivity contribution in [3.05, 3.63) is 18.4 Å². The minimum Gasteiger partial charge on any atom is -0.343 e. The van der Waals surface area contributed by atoms with Crippen LogP contribution in [0.2, 0.25) is 0 Å². The first-order valence-corrected chi connectivity index (χ1v) is 5.99. The highest BCUT2D eigenvalue weighted by atomic mass is 16.2. The monoisotopic (exact) mass is 235 g/mol. The number of carbonyl (C=O) groups is 2. The van der Waals surface area contributed by atoms with Crippen LogP contribution in [0.4, 0.5) is 0 Å². The average Bonchev–Trinajstić information content (AvgIpc) is 2.90. The molecular weight excluding hydrogens is 214 g/mol. The van der Waals surface area contributed by atoms with Crippen LogP contribution in [-0.2, 0) is 9.59 Å². The number of Topliss-reactive ketones (excluding diaryl/α,β-unsaturated/α-hetero) is 1. The Labute approximate surface area is 103 Å². The summed E-state index contributed by atoms with van der Waals surface area (Å²) in [6.45, 7) is 10.9. The number of ketones is 1. The molecule has 0 spiro atoms. The van der Waals surface area contributed by atoms with Gasteiger partial charge in [0.15, 0.2) is 5.78 Å². The number of hydrogen-bond donors (Lipinski definition) is 1. The molecule has 1 saturated carbocycles. The quantitative estimate of drug-likeness (QED) is 0.759. The Bertz CT molecular complexity index is 386. The summed E-state index contributed by atoms with van der Waals surface area (Å²) < 4.78 is 0. The lowest BCUT2D eigenvalue weighted by Crippen LogP contribution is -2.49. The van der Waals surface area contributed by atoms with E-state index in [4.69, 9.17) is 0 Å². The number of rotatable bonds is 4. The fourth-order valence-corrected chi connectivity index (χ4v) is 2.10. The van der Waals surface area contributed by atoms with Crippen molar-refractivity contribution in [2.75, 3.05) is 0 Å². The van der Waals surface area contributed by atoms with Gasteiger partial charge in [0.05, 0.1) is 0 Å². The van der Waals surface area contributed by atoms with Crippen LogP contribution in [0.25, 0.3) is 0 Å². The van der Waals surface area contributed by atoms with E-state index in [0.29, 0.717) is 12.8 Å². The van der Waals surface area contributed by atoms with E-state index in [0.717, 1.165) is 0 Å². The van der Waals surface area contributed by atoms with Crippen LogP contribution in [0.3, 0.4) is 0 Å². The van der Waals surface area contributed by atoms with E-state index < -0.39 is 11.0 Å². The summed E-state index contributed by atoms with van der Waals surface area (Å²) >= 11 is 0. The number of hydrogen-bond acceptors (Lipinski definition) is 2. The van der Waals surface area contributed by atoms with Gasteiger partial charge in [0.2, 0.25) is 5.91 Å². The Morgan fingerprint density at radius 1 is 1.53 bits per heavy atom. The number of amides is 1. The summed E-state index contributed by atoms with van der Waals surface area (Å²) in [6.07, 6.45) is 2.83. The standard InChI is InChI=1S/C14H21NO2/c1-6-8-10-9-14(10,15-11(16)7-2)12(17)13(3,4)5/h8,10H,1,7,9H2,2-5H3,(H,15,16)/t10-,14+/m1/s1.